The summed E-state index contributed by atoms with van der Waals surface area (Å²) >= 11 is 12.0. The molecule has 1 saturated heterocycles. The zero-order valence-electron chi connectivity index (χ0n) is 11.1. The number of pyridine rings is 1. The number of anilines is 1. The molecular weight excluding hydrogens is 279 g/mol. The Bertz CT molecular complexity index is 448. The molecule has 0 spiro atoms. The second-order valence-electron chi connectivity index (χ2n) is 5.68. The maximum absolute atomic E-state index is 6.11. The van der Waals surface area contributed by atoms with Crippen LogP contribution in [0.2, 0.25) is 5.02 Å². The van der Waals surface area contributed by atoms with Crippen molar-refractivity contribution in [2.24, 2.45) is 5.92 Å². The average Bonchev–Trinajstić information content (AvgIpc) is 2.47. The van der Waals surface area contributed by atoms with Crippen molar-refractivity contribution in [2.45, 2.75) is 50.4 Å². The van der Waals surface area contributed by atoms with E-state index in [1.807, 2.05) is 6.07 Å². The third kappa shape index (κ3) is 2.71. The van der Waals surface area contributed by atoms with Gasteiger partial charge >= 0.3 is 0 Å². The number of piperidine rings is 1. The lowest BCUT2D eigenvalue weighted by atomic mass is 9.78. The summed E-state index contributed by atoms with van der Waals surface area (Å²) in [5.74, 6) is 2.31. The van der Waals surface area contributed by atoms with Crippen LogP contribution in [0.1, 0.15) is 44.2 Å². The van der Waals surface area contributed by atoms with Crippen LogP contribution in [0, 0.1) is 5.92 Å². The molecule has 4 heteroatoms. The summed E-state index contributed by atoms with van der Waals surface area (Å²) in [7, 11) is 0. The van der Waals surface area contributed by atoms with Crippen LogP contribution in [-0.4, -0.2) is 17.6 Å². The third-order valence-electron chi connectivity index (χ3n) is 4.57. The number of alkyl halides is 1. The fourth-order valence-corrected chi connectivity index (χ4v) is 4.08. The van der Waals surface area contributed by atoms with Gasteiger partial charge in [-0.15, -0.1) is 11.6 Å². The fraction of sp³-hybridized carbons (Fsp3) is 0.667. The smallest absolute Gasteiger partial charge is 0.129 e. The van der Waals surface area contributed by atoms with Crippen LogP contribution in [0.5, 0.6) is 0 Å². The normalized spacial score (nSPS) is 27.2. The first-order valence-electron chi connectivity index (χ1n) is 7.27. The summed E-state index contributed by atoms with van der Waals surface area (Å²) < 4.78 is 0. The lowest BCUT2D eigenvalue weighted by Gasteiger charge is -2.44. The highest BCUT2D eigenvalue weighted by molar-refractivity contribution is 6.32. The Kier molecular flexibility index (Phi) is 4.18. The molecule has 2 fully saturated rings. The van der Waals surface area contributed by atoms with Gasteiger partial charge in [0.2, 0.25) is 0 Å². The lowest BCUT2D eigenvalue weighted by Crippen LogP contribution is -2.47. The second-order valence-corrected chi connectivity index (χ2v) is 6.35. The zero-order chi connectivity index (χ0) is 13.2. The molecule has 0 radical (unpaired) electrons. The molecule has 2 atom stereocenters. The van der Waals surface area contributed by atoms with E-state index in [0.717, 1.165) is 24.0 Å². The summed E-state index contributed by atoms with van der Waals surface area (Å²) in [5, 5.41) is 0.677. The Morgan fingerprint density at radius 2 is 1.95 bits per heavy atom. The Hall–Kier alpha value is -0.470. The molecule has 3 rings (SSSR count). The highest BCUT2D eigenvalue weighted by Gasteiger charge is 2.33. The standard InChI is InChI=1S/C15H20Cl2N2/c16-10-13-12(17)7-8-15(18-13)19-9-3-5-11-4-1-2-6-14(11)19/h7-8,11,14H,1-6,9-10H2. The highest BCUT2D eigenvalue weighted by atomic mass is 35.5. The number of hydrogen-bond donors (Lipinski definition) is 0. The topological polar surface area (TPSA) is 16.1 Å². The number of halogens is 2. The van der Waals surface area contributed by atoms with Crippen LogP contribution >= 0.6 is 23.2 Å². The zero-order valence-corrected chi connectivity index (χ0v) is 12.6. The Labute approximate surface area is 125 Å². The largest absolute Gasteiger partial charge is 0.353 e. The molecule has 1 aromatic heterocycles. The first kappa shape index (κ1) is 13.5. The van der Waals surface area contributed by atoms with Crippen molar-refractivity contribution in [3.63, 3.8) is 0 Å². The number of nitrogens with zero attached hydrogens (tertiary/aromatic N) is 2. The van der Waals surface area contributed by atoms with E-state index in [9.17, 15) is 0 Å². The maximum Gasteiger partial charge on any atom is 0.129 e. The lowest BCUT2D eigenvalue weighted by molar-refractivity contribution is 0.242. The molecule has 0 N–H and O–H groups in total. The van der Waals surface area contributed by atoms with Crippen LogP contribution in [0.4, 0.5) is 5.82 Å². The summed E-state index contributed by atoms with van der Waals surface area (Å²) in [5.41, 5.74) is 0.804. The van der Waals surface area contributed by atoms with Crippen molar-refractivity contribution in [3.05, 3.63) is 22.8 Å². The van der Waals surface area contributed by atoms with Gasteiger partial charge in [0.25, 0.3) is 0 Å². The Balaban J connectivity index is 1.87. The molecule has 2 aliphatic rings. The van der Waals surface area contributed by atoms with Gasteiger partial charge in [0.1, 0.15) is 5.82 Å². The molecule has 0 amide bonds. The van der Waals surface area contributed by atoms with Crippen LogP contribution in [0.25, 0.3) is 0 Å². The summed E-state index contributed by atoms with van der Waals surface area (Å²) in [6.07, 6.45) is 8.12. The van der Waals surface area contributed by atoms with Crippen molar-refractivity contribution in [3.8, 4) is 0 Å². The first-order valence-corrected chi connectivity index (χ1v) is 8.19. The molecule has 1 aliphatic carbocycles. The van der Waals surface area contributed by atoms with E-state index in [1.54, 1.807) is 0 Å². The second kappa shape index (κ2) is 5.88. The predicted octanol–water partition coefficient (Wildman–Crippen LogP) is 4.63. The summed E-state index contributed by atoms with van der Waals surface area (Å²) in [4.78, 5) is 7.17. The average molecular weight is 299 g/mol. The van der Waals surface area contributed by atoms with Gasteiger partial charge in [-0.1, -0.05) is 24.4 Å². The molecule has 0 bridgehead atoms. The van der Waals surface area contributed by atoms with Gasteiger partial charge in [0.15, 0.2) is 0 Å². The van der Waals surface area contributed by atoms with E-state index in [0.29, 0.717) is 16.9 Å². The van der Waals surface area contributed by atoms with Crippen LogP contribution in [-0.2, 0) is 5.88 Å². The van der Waals surface area contributed by atoms with Gasteiger partial charge in [-0.2, -0.15) is 0 Å². The van der Waals surface area contributed by atoms with Gasteiger partial charge in [0.05, 0.1) is 16.6 Å². The van der Waals surface area contributed by atoms with Crippen molar-refractivity contribution in [2.75, 3.05) is 11.4 Å². The molecule has 2 heterocycles. The minimum atomic E-state index is 0.384. The van der Waals surface area contributed by atoms with Crippen molar-refractivity contribution in [1.82, 2.24) is 4.98 Å². The molecule has 1 saturated carbocycles. The number of aromatic nitrogens is 1. The molecule has 1 aromatic rings. The van der Waals surface area contributed by atoms with Crippen molar-refractivity contribution in [1.29, 1.82) is 0 Å². The Morgan fingerprint density at radius 1 is 1.16 bits per heavy atom. The molecule has 19 heavy (non-hydrogen) atoms. The highest BCUT2D eigenvalue weighted by Crippen LogP contribution is 2.37. The molecule has 1 aliphatic heterocycles. The van der Waals surface area contributed by atoms with Gasteiger partial charge in [-0.3, -0.25) is 0 Å². The van der Waals surface area contributed by atoms with E-state index in [1.165, 1.54) is 38.5 Å². The van der Waals surface area contributed by atoms with Crippen LogP contribution in [0.15, 0.2) is 12.1 Å². The minimum Gasteiger partial charge on any atom is -0.353 e. The molecule has 0 aromatic carbocycles. The molecular formula is C15H20Cl2N2. The monoisotopic (exact) mass is 298 g/mol. The van der Waals surface area contributed by atoms with Gasteiger partial charge in [-0.25, -0.2) is 4.98 Å². The van der Waals surface area contributed by atoms with E-state index < -0.39 is 0 Å². The van der Waals surface area contributed by atoms with Crippen LogP contribution in [0.3, 0.4) is 0 Å². The minimum absolute atomic E-state index is 0.384. The summed E-state index contributed by atoms with van der Waals surface area (Å²) in [6, 6.07) is 4.67. The predicted molar refractivity (Wildman–Crippen MR) is 81.1 cm³/mol. The SMILES string of the molecule is ClCc1nc(N2CCCC3CCCCC32)ccc1Cl. The molecule has 2 unspecified atom stereocenters. The van der Waals surface area contributed by atoms with E-state index in [4.69, 9.17) is 23.2 Å². The van der Waals surface area contributed by atoms with E-state index in [2.05, 4.69) is 16.0 Å². The Morgan fingerprint density at radius 3 is 2.79 bits per heavy atom. The van der Waals surface area contributed by atoms with Gasteiger partial charge < -0.3 is 4.90 Å². The first-order chi connectivity index (χ1) is 9.29. The van der Waals surface area contributed by atoms with E-state index >= 15 is 0 Å². The quantitative estimate of drug-likeness (QED) is 0.740. The van der Waals surface area contributed by atoms with Gasteiger partial charge in [0, 0.05) is 12.6 Å². The van der Waals surface area contributed by atoms with Crippen molar-refractivity contribution < 1.29 is 0 Å². The van der Waals surface area contributed by atoms with Crippen LogP contribution < -0.4 is 4.90 Å². The van der Waals surface area contributed by atoms with Crippen molar-refractivity contribution >= 4 is 29.0 Å². The molecule has 2 nitrogen and oxygen atoms in total. The maximum atomic E-state index is 6.11. The number of rotatable bonds is 2. The van der Waals surface area contributed by atoms with Gasteiger partial charge in [-0.05, 0) is 43.7 Å². The molecule has 104 valence electrons. The summed E-state index contributed by atoms with van der Waals surface area (Å²) in [6.45, 7) is 1.12. The van der Waals surface area contributed by atoms with E-state index in [-0.39, 0.29) is 0 Å². The number of hydrogen-bond acceptors (Lipinski definition) is 2. The third-order valence-corrected chi connectivity index (χ3v) is 5.17. The number of fused-ring (bicyclic) bond motifs is 1. The fourth-order valence-electron chi connectivity index (χ4n) is 3.64.